The Morgan fingerprint density at radius 3 is 2.08 bits per heavy atom. The van der Waals surface area contributed by atoms with Crippen LogP contribution in [0.15, 0.2) is 53.6 Å². The van der Waals surface area contributed by atoms with Crippen molar-refractivity contribution in [3.05, 3.63) is 59.2 Å². The van der Waals surface area contributed by atoms with Crippen molar-refractivity contribution in [2.75, 3.05) is 0 Å². The first-order valence-electron chi connectivity index (χ1n) is 9.98. The van der Waals surface area contributed by atoms with E-state index in [9.17, 15) is 0 Å². The van der Waals surface area contributed by atoms with Crippen molar-refractivity contribution in [1.29, 1.82) is 0 Å². The lowest BCUT2D eigenvalue weighted by molar-refractivity contribution is 0.193. The minimum atomic E-state index is -1.61. The Balaban J connectivity index is 2.87. The molecule has 1 rings (SSSR count). The molecule has 0 spiro atoms. The number of allylic oxidation sites excluding steroid dienone is 3. The highest BCUT2D eigenvalue weighted by atomic mass is 28.4. The Labute approximate surface area is 157 Å². The normalized spacial score (nSPS) is 13.6. The van der Waals surface area contributed by atoms with Crippen molar-refractivity contribution in [3.8, 4) is 0 Å². The maximum Gasteiger partial charge on any atom is 0.192 e. The summed E-state index contributed by atoms with van der Waals surface area (Å²) in [6.07, 6.45) is 8.19. The number of hydrogen-bond acceptors (Lipinski definition) is 1. The standard InChI is InChI=1S/C23H38OSi/c1-7-25(8-2,9-3)24-23(22-16-11-10-12-17-22)19-18-21(6)15-13-14-20(4)5/h10-12,14,16-18,23H,7-9,13,15,19H2,1-6H3/b21-18+. The van der Waals surface area contributed by atoms with Crippen LogP contribution in [0.5, 0.6) is 0 Å². The fourth-order valence-corrected chi connectivity index (χ4v) is 6.06. The molecule has 0 radical (unpaired) electrons. The van der Waals surface area contributed by atoms with E-state index < -0.39 is 8.32 Å². The quantitative estimate of drug-likeness (QED) is 0.289. The Morgan fingerprint density at radius 1 is 0.960 bits per heavy atom. The molecule has 0 fully saturated rings. The molecule has 1 unspecified atom stereocenters. The Bertz CT molecular complexity index is 528. The third-order valence-corrected chi connectivity index (χ3v) is 9.92. The van der Waals surface area contributed by atoms with Crippen LogP contribution in [0.2, 0.25) is 18.1 Å². The maximum atomic E-state index is 6.85. The molecule has 0 aromatic heterocycles. The number of hydrogen-bond donors (Lipinski definition) is 0. The molecule has 0 saturated carbocycles. The Hall–Kier alpha value is -1.12. The van der Waals surface area contributed by atoms with Crippen LogP contribution < -0.4 is 0 Å². The second-order valence-corrected chi connectivity index (χ2v) is 12.1. The molecule has 0 heterocycles. The van der Waals surface area contributed by atoms with Gasteiger partial charge >= 0.3 is 0 Å². The molecule has 1 aromatic carbocycles. The lowest BCUT2D eigenvalue weighted by Gasteiger charge is -2.33. The van der Waals surface area contributed by atoms with E-state index in [0.717, 1.165) is 19.3 Å². The van der Waals surface area contributed by atoms with Gasteiger partial charge in [-0.05, 0) is 63.7 Å². The molecule has 0 aliphatic rings. The first kappa shape index (κ1) is 21.9. The summed E-state index contributed by atoms with van der Waals surface area (Å²) in [7, 11) is -1.61. The topological polar surface area (TPSA) is 9.23 Å². The summed E-state index contributed by atoms with van der Waals surface area (Å²) >= 11 is 0. The van der Waals surface area contributed by atoms with Gasteiger partial charge in [0.2, 0.25) is 0 Å². The van der Waals surface area contributed by atoms with Crippen LogP contribution in [-0.4, -0.2) is 8.32 Å². The highest BCUT2D eigenvalue weighted by Gasteiger charge is 2.32. The van der Waals surface area contributed by atoms with Gasteiger partial charge in [0.15, 0.2) is 8.32 Å². The van der Waals surface area contributed by atoms with E-state index in [1.807, 2.05) is 0 Å². The van der Waals surface area contributed by atoms with Gasteiger partial charge in [0.1, 0.15) is 0 Å². The van der Waals surface area contributed by atoms with E-state index in [1.165, 1.54) is 34.8 Å². The Morgan fingerprint density at radius 2 is 1.56 bits per heavy atom. The maximum absolute atomic E-state index is 6.85. The second kappa shape index (κ2) is 11.5. The third kappa shape index (κ3) is 7.75. The molecule has 0 amide bonds. The number of benzene rings is 1. The van der Waals surface area contributed by atoms with Gasteiger partial charge in [-0.2, -0.15) is 0 Å². The molecule has 1 nitrogen and oxygen atoms in total. The molecule has 1 atom stereocenters. The smallest absolute Gasteiger partial charge is 0.192 e. The third-order valence-electron chi connectivity index (χ3n) is 5.27. The van der Waals surface area contributed by atoms with Crippen LogP contribution in [0.25, 0.3) is 0 Å². The molecule has 0 aliphatic carbocycles. The molecular weight excluding hydrogens is 320 g/mol. The first-order chi connectivity index (χ1) is 12.0. The second-order valence-electron chi connectivity index (χ2n) is 7.37. The van der Waals surface area contributed by atoms with E-state index in [0.29, 0.717) is 0 Å². The summed E-state index contributed by atoms with van der Waals surface area (Å²) in [6, 6.07) is 14.4. The SMILES string of the molecule is CC[Si](CC)(CC)OC(C/C=C(\C)CCC=C(C)C)c1ccccc1. The summed E-state index contributed by atoms with van der Waals surface area (Å²) in [5, 5.41) is 0. The van der Waals surface area contributed by atoms with E-state index >= 15 is 0 Å². The van der Waals surface area contributed by atoms with E-state index in [1.54, 1.807) is 0 Å². The number of rotatable bonds is 11. The van der Waals surface area contributed by atoms with Crippen LogP contribution >= 0.6 is 0 Å². The predicted octanol–water partition coefficient (Wildman–Crippen LogP) is 7.83. The van der Waals surface area contributed by atoms with Crippen molar-refractivity contribution in [3.63, 3.8) is 0 Å². The minimum absolute atomic E-state index is 0.200. The van der Waals surface area contributed by atoms with Gasteiger partial charge in [-0.1, -0.05) is 74.4 Å². The van der Waals surface area contributed by atoms with Crippen LogP contribution in [0.4, 0.5) is 0 Å². The molecule has 2 heteroatoms. The van der Waals surface area contributed by atoms with E-state index in [2.05, 4.69) is 84.0 Å². The monoisotopic (exact) mass is 358 g/mol. The lowest BCUT2D eigenvalue weighted by atomic mass is 10.0. The Kier molecular flexibility index (Phi) is 10.1. The molecule has 0 aliphatic heterocycles. The molecule has 0 saturated heterocycles. The van der Waals surface area contributed by atoms with Gasteiger partial charge < -0.3 is 4.43 Å². The van der Waals surface area contributed by atoms with Gasteiger partial charge in [-0.15, -0.1) is 0 Å². The van der Waals surface area contributed by atoms with Gasteiger partial charge in [0.05, 0.1) is 6.10 Å². The van der Waals surface area contributed by atoms with Gasteiger partial charge in [-0.25, -0.2) is 0 Å². The summed E-state index contributed by atoms with van der Waals surface area (Å²) in [5.41, 5.74) is 4.20. The highest BCUT2D eigenvalue weighted by Crippen LogP contribution is 2.32. The van der Waals surface area contributed by atoms with E-state index in [-0.39, 0.29) is 6.10 Å². The molecule has 25 heavy (non-hydrogen) atoms. The largest absolute Gasteiger partial charge is 0.410 e. The van der Waals surface area contributed by atoms with Crippen molar-refractivity contribution in [2.24, 2.45) is 0 Å². The van der Waals surface area contributed by atoms with Crippen LogP contribution in [-0.2, 0) is 4.43 Å². The summed E-state index contributed by atoms with van der Waals surface area (Å²) in [5.74, 6) is 0. The zero-order chi connectivity index (χ0) is 18.7. The van der Waals surface area contributed by atoms with Crippen LogP contribution in [0.1, 0.15) is 72.5 Å². The fraction of sp³-hybridized carbons (Fsp3) is 0.565. The fourth-order valence-electron chi connectivity index (χ4n) is 3.22. The van der Waals surface area contributed by atoms with Crippen molar-refractivity contribution in [1.82, 2.24) is 0 Å². The summed E-state index contributed by atoms with van der Waals surface area (Å²) < 4.78 is 6.85. The molecule has 1 aromatic rings. The summed E-state index contributed by atoms with van der Waals surface area (Å²) in [6.45, 7) is 13.5. The van der Waals surface area contributed by atoms with Crippen molar-refractivity contribution in [2.45, 2.75) is 85.0 Å². The van der Waals surface area contributed by atoms with Crippen molar-refractivity contribution >= 4 is 8.32 Å². The minimum Gasteiger partial charge on any atom is -0.410 e. The summed E-state index contributed by atoms with van der Waals surface area (Å²) in [4.78, 5) is 0. The van der Waals surface area contributed by atoms with Gasteiger partial charge in [0.25, 0.3) is 0 Å². The first-order valence-corrected chi connectivity index (χ1v) is 12.5. The average molecular weight is 359 g/mol. The predicted molar refractivity (Wildman–Crippen MR) is 115 cm³/mol. The molecule has 0 N–H and O–H groups in total. The highest BCUT2D eigenvalue weighted by molar-refractivity contribution is 6.73. The van der Waals surface area contributed by atoms with Crippen LogP contribution in [0, 0.1) is 0 Å². The van der Waals surface area contributed by atoms with Gasteiger partial charge in [-0.3, -0.25) is 0 Å². The average Bonchev–Trinajstić information content (AvgIpc) is 2.63. The molecular formula is C23H38OSi. The lowest BCUT2D eigenvalue weighted by Crippen LogP contribution is -2.37. The molecule has 140 valence electrons. The van der Waals surface area contributed by atoms with Crippen LogP contribution in [0.3, 0.4) is 0 Å². The molecule has 0 bridgehead atoms. The van der Waals surface area contributed by atoms with E-state index in [4.69, 9.17) is 4.43 Å². The van der Waals surface area contributed by atoms with Crippen molar-refractivity contribution < 1.29 is 4.43 Å². The zero-order valence-electron chi connectivity index (χ0n) is 17.3. The van der Waals surface area contributed by atoms with Gasteiger partial charge in [0, 0.05) is 0 Å². The zero-order valence-corrected chi connectivity index (χ0v) is 18.3.